The Morgan fingerprint density at radius 3 is 3.00 bits per heavy atom. The summed E-state index contributed by atoms with van der Waals surface area (Å²) in [6.45, 7) is 1.84. The number of nitriles is 1. The second-order valence-corrected chi connectivity index (χ2v) is 4.13. The monoisotopic (exact) mass is 284 g/mol. The van der Waals surface area contributed by atoms with Crippen LogP contribution in [0.25, 0.3) is 6.08 Å². The van der Waals surface area contributed by atoms with Crippen molar-refractivity contribution >= 4 is 17.8 Å². The fourth-order valence-corrected chi connectivity index (χ4v) is 1.64. The first kappa shape index (κ1) is 14.3. The molecule has 0 aliphatic rings. The van der Waals surface area contributed by atoms with Gasteiger partial charge in [0.05, 0.1) is 0 Å². The van der Waals surface area contributed by atoms with Gasteiger partial charge in [-0.3, -0.25) is 4.79 Å². The highest BCUT2D eigenvalue weighted by molar-refractivity contribution is 6.09. The first-order valence-corrected chi connectivity index (χ1v) is 6.17. The van der Waals surface area contributed by atoms with E-state index in [4.69, 9.17) is 5.26 Å². The third kappa shape index (κ3) is 3.45. The van der Waals surface area contributed by atoms with Gasteiger partial charge >= 0.3 is 0 Å². The normalized spacial score (nSPS) is 11.0. The first-order chi connectivity index (χ1) is 10.1. The van der Waals surface area contributed by atoms with Gasteiger partial charge in [-0.25, -0.2) is 4.63 Å². The molecule has 7 heteroatoms. The zero-order valence-corrected chi connectivity index (χ0v) is 11.2. The van der Waals surface area contributed by atoms with Gasteiger partial charge in [-0.05, 0) is 35.3 Å². The molecule has 0 radical (unpaired) electrons. The summed E-state index contributed by atoms with van der Waals surface area (Å²) in [5.41, 5.74) is 0.916. The van der Waals surface area contributed by atoms with E-state index in [9.17, 15) is 9.90 Å². The highest BCUT2D eigenvalue weighted by atomic mass is 16.6. The van der Waals surface area contributed by atoms with E-state index in [1.54, 1.807) is 12.1 Å². The molecule has 0 atom stereocenters. The Bertz CT molecular complexity index is 728. The molecule has 0 saturated carbocycles. The summed E-state index contributed by atoms with van der Waals surface area (Å²) in [7, 11) is 0. The lowest BCUT2D eigenvalue weighted by Gasteiger charge is -2.01. The summed E-state index contributed by atoms with van der Waals surface area (Å²) < 4.78 is 4.53. The van der Waals surface area contributed by atoms with E-state index in [0.717, 1.165) is 0 Å². The van der Waals surface area contributed by atoms with Crippen LogP contribution in [0.4, 0.5) is 5.82 Å². The zero-order chi connectivity index (χ0) is 15.2. The van der Waals surface area contributed by atoms with Crippen molar-refractivity contribution in [3.63, 3.8) is 0 Å². The fraction of sp³-hybridized carbons (Fsp3) is 0.143. The number of carbonyl (C=O) groups excluding carboxylic acids is 1. The van der Waals surface area contributed by atoms with Gasteiger partial charge in [-0.15, -0.1) is 0 Å². The van der Waals surface area contributed by atoms with Crippen LogP contribution in [-0.2, 0) is 11.2 Å². The lowest BCUT2D eigenvalue weighted by Crippen LogP contribution is -2.14. The number of rotatable bonds is 4. The predicted molar refractivity (Wildman–Crippen MR) is 74.0 cm³/mol. The van der Waals surface area contributed by atoms with Crippen LogP contribution in [0.3, 0.4) is 0 Å². The highest BCUT2D eigenvalue weighted by Gasteiger charge is 2.15. The average Bonchev–Trinajstić information content (AvgIpc) is 2.91. The smallest absolute Gasteiger partial charge is 0.267 e. The van der Waals surface area contributed by atoms with Crippen LogP contribution in [0, 0.1) is 11.3 Å². The lowest BCUT2D eigenvalue weighted by atomic mass is 10.1. The maximum atomic E-state index is 12.0. The molecule has 0 fully saturated rings. The largest absolute Gasteiger partial charge is 0.508 e. The minimum atomic E-state index is -0.619. The molecule has 1 heterocycles. The van der Waals surface area contributed by atoms with Crippen molar-refractivity contribution < 1.29 is 14.5 Å². The molecule has 0 aliphatic heterocycles. The van der Waals surface area contributed by atoms with Crippen molar-refractivity contribution in [2.75, 3.05) is 5.32 Å². The molecule has 0 saturated heterocycles. The molecule has 7 nitrogen and oxygen atoms in total. The van der Waals surface area contributed by atoms with E-state index in [0.29, 0.717) is 17.7 Å². The quantitative estimate of drug-likeness (QED) is 0.654. The SMILES string of the molecule is CCc1nonc1NC(=O)/C(C#N)=C/c1cccc(O)c1. The number of hydrogen-bond donors (Lipinski definition) is 2. The minimum Gasteiger partial charge on any atom is -0.508 e. The van der Waals surface area contributed by atoms with Gasteiger partial charge in [0.1, 0.15) is 23.1 Å². The van der Waals surface area contributed by atoms with E-state index in [-0.39, 0.29) is 17.1 Å². The standard InChI is InChI=1S/C14H12N4O3/c1-2-12-13(18-21-17-12)16-14(20)10(8-15)6-9-4-3-5-11(19)7-9/h3-7,19H,2H2,1H3,(H,16,18,20)/b10-6+. The van der Waals surface area contributed by atoms with Crippen molar-refractivity contribution in [3.8, 4) is 11.8 Å². The van der Waals surface area contributed by atoms with Gasteiger partial charge in [0.25, 0.3) is 5.91 Å². The molecular weight excluding hydrogens is 272 g/mol. The molecule has 1 aromatic carbocycles. The topological polar surface area (TPSA) is 112 Å². The fourth-order valence-electron chi connectivity index (χ4n) is 1.64. The van der Waals surface area contributed by atoms with Crippen molar-refractivity contribution in [2.24, 2.45) is 0 Å². The van der Waals surface area contributed by atoms with Crippen molar-refractivity contribution in [3.05, 3.63) is 41.1 Å². The Morgan fingerprint density at radius 1 is 1.52 bits per heavy atom. The van der Waals surface area contributed by atoms with Crippen molar-refractivity contribution in [1.29, 1.82) is 5.26 Å². The summed E-state index contributed by atoms with van der Waals surface area (Å²) >= 11 is 0. The molecule has 2 N–H and O–H groups in total. The van der Waals surface area contributed by atoms with Gasteiger partial charge in [-0.1, -0.05) is 24.2 Å². The number of aromatic hydroxyl groups is 1. The van der Waals surface area contributed by atoms with E-state index in [2.05, 4.69) is 20.3 Å². The number of hydrogen-bond acceptors (Lipinski definition) is 6. The number of anilines is 1. The Morgan fingerprint density at radius 2 is 2.33 bits per heavy atom. The van der Waals surface area contributed by atoms with Gasteiger partial charge < -0.3 is 10.4 Å². The number of phenolic OH excluding ortho intramolecular Hbond substituents is 1. The summed E-state index contributed by atoms with van der Waals surface area (Å²) in [6.07, 6.45) is 1.91. The summed E-state index contributed by atoms with van der Waals surface area (Å²) in [5.74, 6) is -0.374. The molecule has 0 bridgehead atoms. The van der Waals surface area contributed by atoms with Gasteiger partial charge in [0.2, 0.25) is 5.82 Å². The van der Waals surface area contributed by atoms with E-state index in [1.165, 1.54) is 18.2 Å². The third-order valence-corrected chi connectivity index (χ3v) is 2.67. The molecule has 0 spiro atoms. The molecule has 106 valence electrons. The van der Waals surface area contributed by atoms with Crippen LogP contribution in [-0.4, -0.2) is 21.3 Å². The average molecular weight is 284 g/mol. The molecule has 1 aromatic heterocycles. The maximum Gasteiger partial charge on any atom is 0.267 e. The van der Waals surface area contributed by atoms with E-state index < -0.39 is 5.91 Å². The molecule has 1 amide bonds. The summed E-state index contributed by atoms with van der Waals surface area (Å²) in [5, 5.41) is 28.1. The van der Waals surface area contributed by atoms with Crippen LogP contribution < -0.4 is 5.32 Å². The summed E-state index contributed by atoms with van der Waals surface area (Å²) in [4.78, 5) is 12.0. The molecule has 21 heavy (non-hydrogen) atoms. The molecule has 0 aliphatic carbocycles. The van der Waals surface area contributed by atoms with Crippen LogP contribution in [0.15, 0.2) is 34.5 Å². The van der Waals surface area contributed by atoms with Crippen molar-refractivity contribution in [1.82, 2.24) is 10.3 Å². The number of phenols is 1. The van der Waals surface area contributed by atoms with Gasteiger partial charge in [0.15, 0.2) is 0 Å². The van der Waals surface area contributed by atoms with Gasteiger partial charge in [0, 0.05) is 0 Å². The summed E-state index contributed by atoms with van der Waals surface area (Å²) in [6, 6.07) is 8.03. The Hall–Kier alpha value is -3.14. The van der Waals surface area contributed by atoms with Crippen LogP contribution in [0.2, 0.25) is 0 Å². The molecule has 2 rings (SSSR count). The third-order valence-electron chi connectivity index (χ3n) is 2.67. The van der Waals surface area contributed by atoms with Gasteiger partial charge in [-0.2, -0.15) is 5.26 Å². The Kier molecular flexibility index (Phi) is 4.31. The van der Waals surface area contributed by atoms with Crippen molar-refractivity contribution in [2.45, 2.75) is 13.3 Å². The molecule has 0 unspecified atom stereocenters. The number of aryl methyl sites for hydroxylation is 1. The lowest BCUT2D eigenvalue weighted by molar-refractivity contribution is -0.112. The second kappa shape index (κ2) is 6.34. The predicted octanol–water partition coefficient (Wildman–Crippen LogP) is 1.88. The maximum absolute atomic E-state index is 12.0. The Labute approximate surface area is 120 Å². The van der Waals surface area contributed by atoms with Crippen LogP contribution in [0.5, 0.6) is 5.75 Å². The first-order valence-electron chi connectivity index (χ1n) is 6.17. The minimum absolute atomic E-state index is 0.0513. The number of nitrogens with one attached hydrogen (secondary N) is 1. The second-order valence-electron chi connectivity index (χ2n) is 4.13. The number of benzene rings is 1. The van der Waals surface area contributed by atoms with Crippen LogP contribution >= 0.6 is 0 Å². The number of nitrogens with zero attached hydrogens (tertiary/aromatic N) is 3. The van der Waals surface area contributed by atoms with E-state index >= 15 is 0 Å². The number of amides is 1. The number of carbonyl (C=O) groups is 1. The highest BCUT2D eigenvalue weighted by Crippen LogP contribution is 2.16. The van der Waals surface area contributed by atoms with Crippen LogP contribution in [0.1, 0.15) is 18.2 Å². The molecule has 2 aromatic rings. The zero-order valence-electron chi connectivity index (χ0n) is 11.2. The molecular formula is C14H12N4O3. The van der Waals surface area contributed by atoms with E-state index in [1.807, 2.05) is 13.0 Å². The Balaban J connectivity index is 2.22. The number of aromatic nitrogens is 2.